The van der Waals surface area contributed by atoms with E-state index in [1.807, 2.05) is 18.2 Å². The lowest BCUT2D eigenvalue weighted by Crippen LogP contribution is -2.03. The van der Waals surface area contributed by atoms with E-state index in [1.165, 1.54) is 13.5 Å². The highest BCUT2D eigenvalue weighted by Gasteiger charge is 2.05. The minimum Gasteiger partial charge on any atom is -0.465 e. The second-order valence-corrected chi connectivity index (χ2v) is 2.84. The summed E-state index contributed by atoms with van der Waals surface area (Å²) in [7, 11) is 1.41. The average molecular weight is 166 g/mol. The zero-order valence-corrected chi connectivity index (χ0v) is 7.38. The lowest BCUT2D eigenvalue weighted by Gasteiger charge is -2.03. The molecule has 0 N–H and O–H groups in total. The van der Waals surface area contributed by atoms with Crippen LogP contribution in [-0.4, -0.2) is 13.1 Å². The first-order chi connectivity index (χ1) is 5.84. The molecule has 0 aromatic rings. The van der Waals surface area contributed by atoms with E-state index >= 15 is 0 Å². The van der Waals surface area contributed by atoms with Gasteiger partial charge in [-0.1, -0.05) is 18.2 Å². The predicted octanol–water partition coefficient (Wildman–Crippen LogP) is 2.22. The monoisotopic (exact) mass is 166 g/mol. The number of carbonyl (C=O) groups excluding carboxylic acids is 1. The van der Waals surface area contributed by atoms with Crippen LogP contribution in [-0.2, 0) is 9.53 Å². The second-order valence-electron chi connectivity index (χ2n) is 2.84. The molecule has 0 radical (unpaired) electrons. The molecule has 0 aliphatic heterocycles. The van der Waals surface area contributed by atoms with Gasteiger partial charge in [-0.2, -0.15) is 0 Å². The summed E-state index contributed by atoms with van der Waals surface area (Å²) in [4.78, 5) is 11.1. The van der Waals surface area contributed by atoms with Crippen LogP contribution >= 0.6 is 0 Å². The summed E-state index contributed by atoms with van der Waals surface area (Å²) in [5.41, 5.74) is 0.692. The Labute approximate surface area is 72.9 Å². The van der Waals surface area contributed by atoms with Crippen molar-refractivity contribution in [1.82, 2.24) is 0 Å². The van der Waals surface area contributed by atoms with Crippen molar-refractivity contribution < 1.29 is 9.53 Å². The van der Waals surface area contributed by atoms with Gasteiger partial charge < -0.3 is 4.74 Å². The van der Waals surface area contributed by atoms with E-state index < -0.39 is 0 Å². The van der Waals surface area contributed by atoms with E-state index in [-0.39, 0.29) is 5.97 Å². The fraction of sp³-hybridized carbons (Fsp3) is 0.500. The number of methoxy groups -OCH3 is 1. The van der Waals surface area contributed by atoms with E-state index in [1.54, 1.807) is 0 Å². The van der Waals surface area contributed by atoms with E-state index in [9.17, 15) is 4.79 Å². The van der Waals surface area contributed by atoms with Gasteiger partial charge in [0.25, 0.3) is 0 Å². The number of ether oxygens (including phenoxy) is 1. The highest BCUT2D eigenvalue weighted by atomic mass is 16.5. The molecule has 0 saturated carbocycles. The number of esters is 1. The second kappa shape index (κ2) is 4.75. The molecule has 0 amide bonds. The summed E-state index contributed by atoms with van der Waals surface area (Å²) in [6, 6.07) is 0. The molecule has 1 aliphatic rings. The minimum absolute atomic E-state index is 0.229. The fourth-order valence-corrected chi connectivity index (χ4v) is 1.21. The van der Waals surface area contributed by atoms with Gasteiger partial charge in [-0.05, 0) is 25.7 Å². The molecule has 1 rings (SSSR count). The number of carbonyl (C=O) groups is 1. The molecule has 0 unspecified atom stereocenters. The van der Waals surface area contributed by atoms with Gasteiger partial charge in [-0.25, -0.2) is 4.79 Å². The molecule has 2 heteroatoms. The zero-order chi connectivity index (χ0) is 8.81. The molecular weight excluding hydrogens is 152 g/mol. The molecule has 0 aromatic heterocycles. The van der Waals surface area contributed by atoms with Crippen molar-refractivity contribution in [2.75, 3.05) is 7.11 Å². The van der Waals surface area contributed by atoms with Crippen molar-refractivity contribution in [1.29, 1.82) is 0 Å². The van der Waals surface area contributed by atoms with Crippen molar-refractivity contribution in [3.05, 3.63) is 23.8 Å². The van der Waals surface area contributed by atoms with Crippen LogP contribution in [0.5, 0.6) is 0 Å². The Morgan fingerprint density at radius 1 is 1.42 bits per heavy atom. The normalized spacial score (nSPS) is 17.6. The SMILES string of the molecule is COC(=O)C1=CCCCCC=C1. The van der Waals surface area contributed by atoms with Crippen molar-refractivity contribution in [2.45, 2.75) is 25.7 Å². The molecule has 0 aromatic carbocycles. The summed E-state index contributed by atoms with van der Waals surface area (Å²) < 4.78 is 4.63. The first-order valence-electron chi connectivity index (χ1n) is 4.29. The largest absolute Gasteiger partial charge is 0.465 e. The molecule has 1 aliphatic carbocycles. The molecule has 66 valence electrons. The van der Waals surface area contributed by atoms with Crippen LogP contribution in [0.3, 0.4) is 0 Å². The molecule has 0 heterocycles. The molecule has 0 saturated heterocycles. The highest BCUT2D eigenvalue weighted by molar-refractivity contribution is 5.91. The van der Waals surface area contributed by atoms with E-state index in [0.29, 0.717) is 5.57 Å². The molecular formula is C10H14O2. The van der Waals surface area contributed by atoms with Gasteiger partial charge in [-0.15, -0.1) is 0 Å². The third-order valence-electron chi connectivity index (χ3n) is 1.91. The van der Waals surface area contributed by atoms with Crippen LogP contribution in [0.2, 0.25) is 0 Å². The molecule has 0 atom stereocenters. The van der Waals surface area contributed by atoms with Crippen molar-refractivity contribution in [3.8, 4) is 0 Å². The summed E-state index contributed by atoms with van der Waals surface area (Å²) in [6.45, 7) is 0. The summed E-state index contributed by atoms with van der Waals surface area (Å²) in [5, 5.41) is 0. The smallest absolute Gasteiger partial charge is 0.337 e. The predicted molar refractivity (Wildman–Crippen MR) is 47.7 cm³/mol. The summed E-state index contributed by atoms with van der Waals surface area (Å²) >= 11 is 0. The number of hydrogen-bond donors (Lipinski definition) is 0. The minimum atomic E-state index is -0.229. The van der Waals surface area contributed by atoms with Crippen molar-refractivity contribution in [2.24, 2.45) is 0 Å². The van der Waals surface area contributed by atoms with Crippen LogP contribution in [0.1, 0.15) is 25.7 Å². The topological polar surface area (TPSA) is 26.3 Å². The first-order valence-corrected chi connectivity index (χ1v) is 4.29. The maximum absolute atomic E-state index is 11.1. The molecule has 12 heavy (non-hydrogen) atoms. The lowest BCUT2D eigenvalue weighted by atomic mass is 10.1. The Morgan fingerprint density at radius 3 is 2.92 bits per heavy atom. The Bertz CT molecular complexity index is 214. The molecule has 0 fully saturated rings. The zero-order valence-electron chi connectivity index (χ0n) is 7.38. The van der Waals surface area contributed by atoms with Gasteiger partial charge in [0.05, 0.1) is 12.7 Å². The third kappa shape index (κ3) is 2.53. The number of rotatable bonds is 1. The van der Waals surface area contributed by atoms with Crippen LogP contribution in [0.25, 0.3) is 0 Å². The van der Waals surface area contributed by atoms with Crippen molar-refractivity contribution in [3.63, 3.8) is 0 Å². The van der Waals surface area contributed by atoms with Gasteiger partial charge in [0, 0.05) is 0 Å². The van der Waals surface area contributed by atoms with Gasteiger partial charge in [0.15, 0.2) is 0 Å². The summed E-state index contributed by atoms with van der Waals surface area (Å²) in [5.74, 6) is -0.229. The van der Waals surface area contributed by atoms with Crippen LogP contribution in [0, 0.1) is 0 Å². The molecule has 0 bridgehead atoms. The molecule has 2 nitrogen and oxygen atoms in total. The maximum Gasteiger partial charge on any atom is 0.337 e. The van der Waals surface area contributed by atoms with Gasteiger partial charge >= 0.3 is 5.97 Å². The van der Waals surface area contributed by atoms with Gasteiger partial charge in [-0.3, -0.25) is 0 Å². The number of hydrogen-bond acceptors (Lipinski definition) is 2. The maximum atomic E-state index is 11.1. The quantitative estimate of drug-likeness (QED) is 0.558. The highest BCUT2D eigenvalue weighted by Crippen LogP contribution is 2.11. The average Bonchev–Trinajstić information content (AvgIpc) is 2.02. The van der Waals surface area contributed by atoms with Crippen LogP contribution in [0.15, 0.2) is 23.8 Å². The van der Waals surface area contributed by atoms with Gasteiger partial charge in [0.2, 0.25) is 0 Å². The number of allylic oxidation sites excluding steroid dienone is 2. The van der Waals surface area contributed by atoms with Crippen LogP contribution < -0.4 is 0 Å². The van der Waals surface area contributed by atoms with E-state index in [2.05, 4.69) is 4.74 Å². The first kappa shape index (κ1) is 9.04. The fourth-order valence-electron chi connectivity index (χ4n) is 1.21. The Balaban J connectivity index is 2.65. The Kier molecular flexibility index (Phi) is 3.58. The van der Waals surface area contributed by atoms with E-state index in [0.717, 1.165) is 19.3 Å². The standard InChI is InChI=1S/C10H14O2/c1-12-10(11)9-7-5-3-2-4-6-8-9/h5,7-8H,2-4,6H2,1H3. The third-order valence-corrected chi connectivity index (χ3v) is 1.91. The Hall–Kier alpha value is -1.05. The summed E-state index contributed by atoms with van der Waals surface area (Å²) in [6.07, 6.45) is 10.2. The lowest BCUT2D eigenvalue weighted by molar-refractivity contribution is -0.135. The van der Waals surface area contributed by atoms with Crippen LogP contribution in [0.4, 0.5) is 0 Å². The van der Waals surface area contributed by atoms with E-state index in [4.69, 9.17) is 0 Å². The molecule has 0 spiro atoms. The van der Waals surface area contributed by atoms with Crippen molar-refractivity contribution >= 4 is 5.97 Å². The Morgan fingerprint density at radius 2 is 2.17 bits per heavy atom. The van der Waals surface area contributed by atoms with Gasteiger partial charge in [0.1, 0.15) is 0 Å².